The zero-order chi connectivity index (χ0) is 11.3. The summed E-state index contributed by atoms with van der Waals surface area (Å²) >= 11 is 3.29. The topological polar surface area (TPSA) is 72.6 Å². The maximum atomic E-state index is 10.5. The number of benzene rings is 1. The second kappa shape index (κ2) is 5.72. The van der Waals surface area contributed by atoms with Crippen LogP contribution in [0.15, 0.2) is 22.7 Å². The van der Waals surface area contributed by atoms with Crippen molar-refractivity contribution in [1.29, 1.82) is 0 Å². The average Bonchev–Trinajstić information content (AvgIpc) is 2.19. The molecule has 0 spiro atoms. The van der Waals surface area contributed by atoms with E-state index in [4.69, 9.17) is 15.6 Å². The Hall–Kier alpha value is -1.07. The molecule has 0 radical (unpaired) electrons. The number of hydrogen-bond acceptors (Lipinski definition) is 3. The first-order valence-corrected chi connectivity index (χ1v) is 5.23. The van der Waals surface area contributed by atoms with E-state index in [0.29, 0.717) is 11.3 Å². The Labute approximate surface area is 96.2 Å². The van der Waals surface area contributed by atoms with Crippen molar-refractivity contribution < 1.29 is 14.6 Å². The number of aliphatic hydroxyl groups excluding tert-OH is 1. The Kier molecular flexibility index (Phi) is 4.58. The molecule has 1 aromatic carbocycles. The highest BCUT2D eigenvalue weighted by Crippen LogP contribution is 2.23. The molecule has 0 aliphatic heterocycles. The second-order valence-corrected chi connectivity index (χ2v) is 3.89. The zero-order valence-corrected chi connectivity index (χ0v) is 9.66. The van der Waals surface area contributed by atoms with Gasteiger partial charge in [-0.25, -0.2) is 0 Å². The molecule has 1 amide bonds. The Morgan fingerprint density at radius 1 is 1.53 bits per heavy atom. The fourth-order valence-electron chi connectivity index (χ4n) is 1.07. The summed E-state index contributed by atoms with van der Waals surface area (Å²) in [6, 6.07) is 5.30. The normalized spacial score (nSPS) is 10.0. The number of aliphatic hydroxyl groups is 1. The number of rotatable bonds is 5. The number of amides is 1. The summed E-state index contributed by atoms with van der Waals surface area (Å²) in [5, 5.41) is 9.06. The molecule has 4 nitrogen and oxygen atoms in total. The number of carbonyl (C=O) groups excluding carboxylic acids is 1. The summed E-state index contributed by atoms with van der Waals surface area (Å²) < 4.78 is 6.18. The maximum Gasteiger partial charge on any atom is 0.220 e. The highest BCUT2D eigenvalue weighted by Gasteiger charge is 2.04. The van der Waals surface area contributed by atoms with Crippen LogP contribution in [0.2, 0.25) is 0 Å². The minimum Gasteiger partial charge on any atom is -0.493 e. The molecule has 1 rings (SSSR count). The van der Waals surface area contributed by atoms with Gasteiger partial charge in [-0.1, -0.05) is 15.9 Å². The molecular weight excluding hydrogens is 262 g/mol. The third-order valence-corrected chi connectivity index (χ3v) is 2.29. The van der Waals surface area contributed by atoms with E-state index in [-0.39, 0.29) is 19.6 Å². The van der Waals surface area contributed by atoms with Crippen molar-refractivity contribution >= 4 is 21.8 Å². The first-order valence-electron chi connectivity index (χ1n) is 4.44. The van der Waals surface area contributed by atoms with E-state index in [1.165, 1.54) is 0 Å². The summed E-state index contributed by atoms with van der Waals surface area (Å²) in [6.45, 7) is 0.120. The number of ether oxygens (including phenoxy) is 1. The van der Waals surface area contributed by atoms with Gasteiger partial charge in [0.05, 0.1) is 19.6 Å². The first kappa shape index (κ1) is 12.0. The maximum absolute atomic E-state index is 10.5. The molecule has 0 fully saturated rings. The summed E-state index contributed by atoms with van der Waals surface area (Å²) in [6.07, 6.45) is 0.168. The van der Waals surface area contributed by atoms with Gasteiger partial charge in [0.15, 0.2) is 0 Å². The van der Waals surface area contributed by atoms with Crippen molar-refractivity contribution in [3.63, 3.8) is 0 Å². The summed E-state index contributed by atoms with van der Waals surface area (Å²) in [5.41, 5.74) is 5.65. The molecule has 1 aromatic rings. The van der Waals surface area contributed by atoms with Crippen LogP contribution in [0.25, 0.3) is 0 Å². The molecule has 0 aliphatic carbocycles. The van der Waals surface area contributed by atoms with Crippen molar-refractivity contribution in [2.24, 2.45) is 5.73 Å². The molecule has 0 atom stereocenters. The van der Waals surface area contributed by atoms with Crippen molar-refractivity contribution in [3.8, 4) is 5.75 Å². The molecule has 0 bridgehead atoms. The molecule has 15 heavy (non-hydrogen) atoms. The Morgan fingerprint density at radius 2 is 2.27 bits per heavy atom. The molecular formula is C10H12BrNO3. The van der Waals surface area contributed by atoms with Gasteiger partial charge < -0.3 is 15.6 Å². The van der Waals surface area contributed by atoms with Gasteiger partial charge in [-0.3, -0.25) is 4.79 Å². The van der Waals surface area contributed by atoms with Crippen LogP contribution in [-0.2, 0) is 11.4 Å². The molecule has 0 aliphatic rings. The summed E-state index contributed by atoms with van der Waals surface area (Å²) in [5.74, 6) is 0.166. The zero-order valence-electron chi connectivity index (χ0n) is 8.07. The first-order chi connectivity index (χ1) is 7.13. The van der Waals surface area contributed by atoms with Gasteiger partial charge in [-0.2, -0.15) is 0 Å². The van der Waals surface area contributed by atoms with Gasteiger partial charge in [-0.15, -0.1) is 0 Å². The predicted molar refractivity (Wildman–Crippen MR) is 59.4 cm³/mol. The number of primary amides is 1. The van der Waals surface area contributed by atoms with E-state index < -0.39 is 5.91 Å². The fraction of sp³-hybridized carbons (Fsp3) is 0.300. The van der Waals surface area contributed by atoms with Crippen LogP contribution in [0, 0.1) is 0 Å². The lowest BCUT2D eigenvalue weighted by Gasteiger charge is -2.09. The fourth-order valence-corrected chi connectivity index (χ4v) is 1.48. The van der Waals surface area contributed by atoms with Gasteiger partial charge in [0.1, 0.15) is 5.75 Å². The second-order valence-electron chi connectivity index (χ2n) is 2.97. The van der Waals surface area contributed by atoms with Gasteiger partial charge in [0.2, 0.25) is 5.91 Å². The van der Waals surface area contributed by atoms with Crippen LogP contribution in [-0.4, -0.2) is 17.6 Å². The third-order valence-electron chi connectivity index (χ3n) is 1.80. The minimum absolute atomic E-state index is 0.106. The van der Waals surface area contributed by atoms with Crippen molar-refractivity contribution in [2.75, 3.05) is 6.61 Å². The monoisotopic (exact) mass is 273 g/mol. The van der Waals surface area contributed by atoms with Gasteiger partial charge in [0.25, 0.3) is 0 Å². The highest BCUT2D eigenvalue weighted by molar-refractivity contribution is 9.10. The lowest BCUT2D eigenvalue weighted by Crippen LogP contribution is -2.14. The van der Waals surface area contributed by atoms with Crippen LogP contribution < -0.4 is 10.5 Å². The molecule has 3 N–H and O–H groups in total. The molecule has 0 aromatic heterocycles. The van der Waals surface area contributed by atoms with E-state index in [9.17, 15) is 4.79 Å². The van der Waals surface area contributed by atoms with E-state index in [1.807, 2.05) is 0 Å². The number of carbonyl (C=O) groups is 1. The molecule has 0 heterocycles. The molecule has 0 unspecified atom stereocenters. The van der Waals surface area contributed by atoms with Crippen LogP contribution in [0.5, 0.6) is 5.75 Å². The predicted octanol–water partition coefficient (Wildman–Crippen LogP) is 1.20. The largest absolute Gasteiger partial charge is 0.493 e. The van der Waals surface area contributed by atoms with Crippen molar-refractivity contribution in [3.05, 3.63) is 28.2 Å². The quantitative estimate of drug-likeness (QED) is 0.847. The number of hydrogen-bond donors (Lipinski definition) is 2. The molecule has 0 saturated carbocycles. The SMILES string of the molecule is NC(=O)CCOc1ccc(Br)cc1CO. The van der Waals surface area contributed by atoms with Crippen molar-refractivity contribution in [2.45, 2.75) is 13.0 Å². The Balaban J connectivity index is 2.63. The van der Waals surface area contributed by atoms with Gasteiger partial charge >= 0.3 is 0 Å². The molecule has 82 valence electrons. The molecule has 5 heteroatoms. The third kappa shape index (κ3) is 3.89. The number of halogens is 1. The molecule has 0 saturated heterocycles. The van der Waals surface area contributed by atoms with Crippen LogP contribution in [0.4, 0.5) is 0 Å². The summed E-state index contributed by atoms with van der Waals surface area (Å²) in [4.78, 5) is 10.5. The van der Waals surface area contributed by atoms with E-state index in [2.05, 4.69) is 15.9 Å². The smallest absolute Gasteiger partial charge is 0.220 e. The minimum atomic E-state index is -0.405. The van der Waals surface area contributed by atoms with Gasteiger partial charge in [0, 0.05) is 10.0 Å². The number of nitrogens with two attached hydrogens (primary N) is 1. The van der Waals surface area contributed by atoms with E-state index >= 15 is 0 Å². The standard InChI is InChI=1S/C10H12BrNO3/c11-8-1-2-9(7(5-8)6-13)15-4-3-10(12)14/h1-2,5,13H,3-4,6H2,(H2,12,14). The van der Waals surface area contributed by atoms with Gasteiger partial charge in [-0.05, 0) is 18.2 Å². The summed E-state index contributed by atoms with van der Waals surface area (Å²) in [7, 11) is 0. The Bertz CT molecular complexity index is 355. The van der Waals surface area contributed by atoms with Crippen molar-refractivity contribution in [1.82, 2.24) is 0 Å². The lowest BCUT2D eigenvalue weighted by atomic mass is 10.2. The van der Waals surface area contributed by atoms with Crippen LogP contribution >= 0.6 is 15.9 Å². The average molecular weight is 274 g/mol. The lowest BCUT2D eigenvalue weighted by molar-refractivity contribution is -0.118. The van der Waals surface area contributed by atoms with E-state index in [0.717, 1.165) is 4.47 Å². The van der Waals surface area contributed by atoms with E-state index in [1.54, 1.807) is 18.2 Å². The highest BCUT2D eigenvalue weighted by atomic mass is 79.9. The Morgan fingerprint density at radius 3 is 2.87 bits per heavy atom. The van der Waals surface area contributed by atoms with Crippen LogP contribution in [0.1, 0.15) is 12.0 Å². The van der Waals surface area contributed by atoms with Crippen LogP contribution in [0.3, 0.4) is 0 Å².